The van der Waals surface area contributed by atoms with Crippen molar-refractivity contribution < 1.29 is 18.9 Å². The Hall–Kier alpha value is -2.40. The summed E-state index contributed by atoms with van der Waals surface area (Å²) in [7, 11) is 4.90. The molecule has 0 saturated carbocycles. The molecule has 1 atom stereocenters. The van der Waals surface area contributed by atoms with Gasteiger partial charge >= 0.3 is 0 Å². The van der Waals surface area contributed by atoms with Crippen LogP contribution in [0.4, 0.5) is 0 Å². The average Bonchev–Trinajstić information content (AvgIpc) is 2.64. The standard InChI is InChI=1S/C21H29NO4/c1-14(2)26-18-9-7-8-16(10-18)15(3)22-13-17-11-20(24-5)21(25-6)12-19(17)23-4/h7-12,14-15,22H,13H2,1-6H3. The van der Waals surface area contributed by atoms with Crippen molar-refractivity contribution in [3.63, 3.8) is 0 Å². The Labute approximate surface area is 156 Å². The van der Waals surface area contributed by atoms with Crippen LogP contribution in [0, 0.1) is 0 Å². The summed E-state index contributed by atoms with van der Waals surface area (Å²) in [6, 6.07) is 12.1. The van der Waals surface area contributed by atoms with Gasteiger partial charge in [0.25, 0.3) is 0 Å². The minimum atomic E-state index is 0.156. The summed E-state index contributed by atoms with van der Waals surface area (Å²) in [4.78, 5) is 0. The van der Waals surface area contributed by atoms with Gasteiger partial charge in [-0.1, -0.05) is 12.1 Å². The van der Waals surface area contributed by atoms with Crippen LogP contribution in [0.1, 0.15) is 37.9 Å². The van der Waals surface area contributed by atoms with Crippen LogP contribution < -0.4 is 24.3 Å². The zero-order chi connectivity index (χ0) is 19.1. The molecule has 0 radical (unpaired) electrons. The van der Waals surface area contributed by atoms with Gasteiger partial charge in [0.15, 0.2) is 11.5 Å². The normalized spacial score (nSPS) is 12.0. The van der Waals surface area contributed by atoms with E-state index < -0.39 is 0 Å². The number of hydrogen-bond acceptors (Lipinski definition) is 5. The first-order valence-electron chi connectivity index (χ1n) is 8.77. The molecule has 5 heteroatoms. The highest BCUT2D eigenvalue weighted by Gasteiger charge is 2.13. The summed E-state index contributed by atoms with van der Waals surface area (Å²) < 4.78 is 22.0. The van der Waals surface area contributed by atoms with Crippen molar-refractivity contribution in [3.8, 4) is 23.0 Å². The zero-order valence-corrected chi connectivity index (χ0v) is 16.5. The molecular weight excluding hydrogens is 330 g/mol. The second kappa shape index (κ2) is 9.34. The highest BCUT2D eigenvalue weighted by Crippen LogP contribution is 2.34. The lowest BCUT2D eigenvalue weighted by atomic mass is 10.1. The summed E-state index contributed by atoms with van der Waals surface area (Å²) in [5, 5.41) is 3.53. The molecule has 142 valence electrons. The zero-order valence-electron chi connectivity index (χ0n) is 16.5. The lowest BCUT2D eigenvalue weighted by Gasteiger charge is -2.19. The molecule has 1 N–H and O–H groups in total. The van der Waals surface area contributed by atoms with Gasteiger partial charge in [0.2, 0.25) is 0 Å². The van der Waals surface area contributed by atoms with Gasteiger partial charge in [0.1, 0.15) is 11.5 Å². The molecule has 0 aromatic heterocycles. The monoisotopic (exact) mass is 359 g/mol. The maximum atomic E-state index is 5.78. The minimum Gasteiger partial charge on any atom is -0.496 e. The van der Waals surface area contributed by atoms with E-state index in [9.17, 15) is 0 Å². The molecule has 2 rings (SSSR count). The van der Waals surface area contributed by atoms with Gasteiger partial charge in [0.05, 0.1) is 27.4 Å². The van der Waals surface area contributed by atoms with Gasteiger partial charge in [-0.25, -0.2) is 0 Å². The molecule has 5 nitrogen and oxygen atoms in total. The molecule has 0 bridgehead atoms. The molecule has 0 heterocycles. The van der Waals surface area contributed by atoms with E-state index in [0.717, 1.165) is 17.1 Å². The van der Waals surface area contributed by atoms with Crippen LogP contribution in [-0.4, -0.2) is 27.4 Å². The number of hydrogen-bond donors (Lipinski definition) is 1. The van der Waals surface area contributed by atoms with E-state index in [-0.39, 0.29) is 12.1 Å². The van der Waals surface area contributed by atoms with E-state index in [2.05, 4.69) is 24.4 Å². The van der Waals surface area contributed by atoms with Crippen LogP contribution in [0.15, 0.2) is 36.4 Å². The number of rotatable bonds is 9. The van der Waals surface area contributed by atoms with E-state index in [1.807, 2.05) is 38.1 Å². The molecule has 0 fully saturated rings. The van der Waals surface area contributed by atoms with Crippen LogP contribution >= 0.6 is 0 Å². The van der Waals surface area contributed by atoms with Crippen molar-refractivity contribution in [2.75, 3.05) is 21.3 Å². The largest absolute Gasteiger partial charge is 0.496 e. The average molecular weight is 359 g/mol. The van der Waals surface area contributed by atoms with E-state index in [4.69, 9.17) is 18.9 Å². The Morgan fingerprint density at radius 1 is 0.846 bits per heavy atom. The molecular formula is C21H29NO4. The van der Waals surface area contributed by atoms with E-state index in [1.54, 1.807) is 21.3 Å². The highest BCUT2D eigenvalue weighted by atomic mass is 16.5. The van der Waals surface area contributed by atoms with Crippen molar-refractivity contribution in [2.24, 2.45) is 0 Å². The quantitative estimate of drug-likeness (QED) is 0.721. The van der Waals surface area contributed by atoms with Crippen LogP contribution in [0.3, 0.4) is 0 Å². The topological polar surface area (TPSA) is 49.0 Å². The summed E-state index contributed by atoms with van der Waals surface area (Å²) >= 11 is 0. The SMILES string of the molecule is COc1cc(OC)c(OC)cc1CNC(C)c1cccc(OC(C)C)c1. The summed E-state index contributed by atoms with van der Waals surface area (Å²) in [5.74, 6) is 2.99. The number of benzene rings is 2. The van der Waals surface area contributed by atoms with Gasteiger partial charge in [-0.3, -0.25) is 0 Å². The Kier molecular flexibility index (Phi) is 7.16. The third-order valence-corrected chi connectivity index (χ3v) is 4.12. The van der Waals surface area contributed by atoms with Crippen molar-refractivity contribution in [2.45, 2.75) is 39.5 Å². The first-order valence-corrected chi connectivity index (χ1v) is 8.77. The predicted octanol–water partition coefficient (Wildman–Crippen LogP) is 4.35. The number of nitrogens with one attached hydrogen (secondary N) is 1. The first kappa shape index (κ1) is 19.9. The first-order chi connectivity index (χ1) is 12.5. The molecule has 1 unspecified atom stereocenters. The maximum absolute atomic E-state index is 5.78. The van der Waals surface area contributed by atoms with Crippen molar-refractivity contribution >= 4 is 0 Å². The highest BCUT2D eigenvalue weighted by molar-refractivity contribution is 5.50. The van der Waals surface area contributed by atoms with Gasteiger partial charge in [-0.2, -0.15) is 0 Å². The van der Waals surface area contributed by atoms with Crippen LogP contribution in [-0.2, 0) is 6.54 Å². The maximum Gasteiger partial charge on any atom is 0.164 e. The van der Waals surface area contributed by atoms with Crippen molar-refractivity contribution in [3.05, 3.63) is 47.5 Å². The van der Waals surface area contributed by atoms with Gasteiger partial charge in [-0.15, -0.1) is 0 Å². The lowest BCUT2D eigenvalue weighted by Crippen LogP contribution is -2.19. The van der Waals surface area contributed by atoms with Gasteiger partial charge in [0, 0.05) is 24.2 Å². The Morgan fingerprint density at radius 2 is 1.50 bits per heavy atom. The third kappa shape index (κ3) is 5.05. The van der Waals surface area contributed by atoms with E-state index >= 15 is 0 Å². The molecule has 0 aliphatic heterocycles. The number of ether oxygens (including phenoxy) is 4. The predicted molar refractivity (Wildman–Crippen MR) is 104 cm³/mol. The van der Waals surface area contributed by atoms with Crippen molar-refractivity contribution in [1.29, 1.82) is 0 Å². The minimum absolute atomic E-state index is 0.156. The molecule has 2 aromatic carbocycles. The number of methoxy groups -OCH3 is 3. The second-order valence-electron chi connectivity index (χ2n) is 6.36. The smallest absolute Gasteiger partial charge is 0.164 e. The molecule has 0 saturated heterocycles. The molecule has 26 heavy (non-hydrogen) atoms. The van der Waals surface area contributed by atoms with E-state index in [0.29, 0.717) is 18.0 Å². The fourth-order valence-corrected chi connectivity index (χ4v) is 2.74. The fourth-order valence-electron chi connectivity index (χ4n) is 2.74. The summed E-state index contributed by atoms with van der Waals surface area (Å²) in [5.41, 5.74) is 2.18. The lowest BCUT2D eigenvalue weighted by molar-refractivity contribution is 0.242. The van der Waals surface area contributed by atoms with Gasteiger partial charge in [-0.05, 0) is 44.5 Å². The van der Waals surface area contributed by atoms with Crippen LogP contribution in [0.25, 0.3) is 0 Å². The molecule has 0 spiro atoms. The Balaban J connectivity index is 2.12. The van der Waals surface area contributed by atoms with Crippen LogP contribution in [0.2, 0.25) is 0 Å². The summed E-state index contributed by atoms with van der Waals surface area (Å²) in [6.07, 6.45) is 0.157. The van der Waals surface area contributed by atoms with Crippen LogP contribution in [0.5, 0.6) is 23.0 Å². The Morgan fingerprint density at radius 3 is 2.12 bits per heavy atom. The van der Waals surface area contributed by atoms with E-state index in [1.165, 1.54) is 5.56 Å². The summed E-state index contributed by atoms with van der Waals surface area (Å²) in [6.45, 7) is 6.82. The molecule has 0 aliphatic rings. The fraction of sp³-hybridized carbons (Fsp3) is 0.429. The Bertz CT molecular complexity index is 715. The molecule has 0 amide bonds. The molecule has 2 aromatic rings. The second-order valence-corrected chi connectivity index (χ2v) is 6.36. The van der Waals surface area contributed by atoms with Gasteiger partial charge < -0.3 is 24.3 Å². The third-order valence-electron chi connectivity index (χ3n) is 4.12. The van der Waals surface area contributed by atoms with Crippen molar-refractivity contribution in [1.82, 2.24) is 5.32 Å². The molecule has 0 aliphatic carbocycles.